The van der Waals surface area contributed by atoms with Crippen LogP contribution < -0.4 is 11.1 Å². The molecule has 0 aromatic rings. The van der Waals surface area contributed by atoms with Gasteiger partial charge in [0.2, 0.25) is 5.91 Å². The van der Waals surface area contributed by atoms with Gasteiger partial charge < -0.3 is 26.2 Å². The molecule has 0 aliphatic carbocycles. The molecule has 0 bridgehead atoms. The summed E-state index contributed by atoms with van der Waals surface area (Å²) < 4.78 is 22.0. The van der Waals surface area contributed by atoms with E-state index >= 15 is 0 Å². The van der Waals surface area contributed by atoms with Gasteiger partial charge in [0.1, 0.15) is 0 Å². The second-order valence-electron chi connectivity index (χ2n) is 13.3. The number of phosphoric ester groups is 1. The van der Waals surface area contributed by atoms with E-state index in [0.29, 0.717) is 6.42 Å². The van der Waals surface area contributed by atoms with Crippen LogP contribution in [-0.2, 0) is 18.4 Å². The number of rotatable bonds is 36. The zero-order valence-corrected chi connectivity index (χ0v) is 31.3. The van der Waals surface area contributed by atoms with E-state index in [9.17, 15) is 24.5 Å². The highest BCUT2D eigenvalue weighted by Crippen LogP contribution is 2.43. The predicted octanol–water partition coefficient (Wildman–Crippen LogP) is 9.02. The molecule has 1 amide bonds. The summed E-state index contributed by atoms with van der Waals surface area (Å²) in [5, 5.41) is 23.9. The Hall–Kier alpha value is -0.800. The monoisotopic (exact) mass is 691 g/mol. The van der Waals surface area contributed by atoms with Crippen molar-refractivity contribution < 1.29 is 33.5 Å². The van der Waals surface area contributed by atoms with Crippen LogP contribution >= 0.6 is 7.82 Å². The van der Waals surface area contributed by atoms with Gasteiger partial charge in [-0.1, -0.05) is 167 Å². The second kappa shape index (κ2) is 33.7. The van der Waals surface area contributed by atoms with Crippen LogP contribution in [-0.4, -0.2) is 59.0 Å². The van der Waals surface area contributed by atoms with Gasteiger partial charge >= 0.3 is 7.82 Å². The lowest BCUT2D eigenvalue weighted by Crippen LogP contribution is -2.46. The van der Waals surface area contributed by atoms with E-state index in [1.165, 1.54) is 116 Å². The van der Waals surface area contributed by atoms with Gasteiger partial charge in [0.25, 0.3) is 0 Å². The largest absolute Gasteiger partial charge is 0.472 e. The first kappa shape index (κ1) is 46.2. The van der Waals surface area contributed by atoms with Crippen LogP contribution in [0.1, 0.15) is 181 Å². The molecule has 0 saturated heterocycles. The zero-order chi connectivity index (χ0) is 34.9. The highest BCUT2D eigenvalue weighted by molar-refractivity contribution is 7.47. The minimum Gasteiger partial charge on any atom is -0.393 e. The quantitative estimate of drug-likeness (QED) is 0.0248. The molecule has 4 atom stereocenters. The first-order valence-electron chi connectivity index (χ1n) is 19.4. The maximum Gasteiger partial charge on any atom is 0.472 e. The molecule has 6 N–H and O–H groups in total. The van der Waals surface area contributed by atoms with Crippen LogP contribution in [0.3, 0.4) is 0 Å². The number of unbranched alkanes of at least 4 members (excludes halogenated alkanes) is 22. The molecular formula is C37H75N2O7P. The Morgan fingerprint density at radius 2 is 1.17 bits per heavy atom. The molecule has 0 aliphatic rings. The highest BCUT2D eigenvalue weighted by Gasteiger charge is 2.27. The third-order valence-electron chi connectivity index (χ3n) is 8.67. The van der Waals surface area contributed by atoms with Crippen molar-refractivity contribution in [2.45, 2.75) is 199 Å². The van der Waals surface area contributed by atoms with Crippen molar-refractivity contribution in [1.82, 2.24) is 5.32 Å². The Labute approximate surface area is 288 Å². The molecule has 0 rings (SSSR count). The number of nitrogens with two attached hydrogens (primary N) is 1. The summed E-state index contributed by atoms with van der Waals surface area (Å²) in [5.74, 6) is -0.446. The second-order valence-corrected chi connectivity index (χ2v) is 14.8. The number of aliphatic hydroxyl groups is 2. The van der Waals surface area contributed by atoms with Gasteiger partial charge in [0.15, 0.2) is 0 Å². The number of phosphoric acid groups is 1. The van der Waals surface area contributed by atoms with Gasteiger partial charge in [-0.2, -0.15) is 0 Å². The Bertz CT molecular complexity index is 771. The molecular weight excluding hydrogens is 615 g/mol. The number of carbonyl (C=O) groups excluding carboxylic acids is 1. The van der Waals surface area contributed by atoms with Crippen molar-refractivity contribution in [3.8, 4) is 0 Å². The van der Waals surface area contributed by atoms with Crippen molar-refractivity contribution in [1.29, 1.82) is 0 Å². The number of aliphatic hydroxyl groups excluding tert-OH is 2. The summed E-state index contributed by atoms with van der Waals surface area (Å²) in [6.45, 7) is 3.95. The summed E-state index contributed by atoms with van der Waals surface area (Å²) in [5.41, 5.74) is 5.34. The number of allylic oxidation sites excluding steroid dienone is 1. The Kier molecular flexibility index (Phi) is 33.1. The molecule has 0 spiro atoms. The average molecular weight is 691 g/mol. The van der Waals surface area contributed by atoms with E-state index in [1.54, 1.807) is 6.08 Å². The summed E-state index contributed by atoms with van der Waals surface area (Å²) in [6.07, 6.45) is 31.5. The summed E-state index contributed by atoms with van der Waals surface area (Å²) in [7, 11) is -4.39. The molecule has 0 fully saturated rings. The van der Waals surface area contributed by atoms with Crippen LogP contribution in [0.15, 0.2) is 12.2 Å². The fourth-order valence-corrected chi connectivity index (χ4v) is 6.46. The number of hydrogen-bond acceptors (Lipinski definition) is 7. The predicted molar refractivity (Wildman–Crippen MR) is 195 cm³/mol. The Morgan fingerprint density at radius 3 is 1.64 bits per heavy atom. The third kappa shape index (κ3) is 32.2. The number of hydrogen-bond donors (Lipinski definition) is 5. The SMILES string of the molecule is CCCCCCCCCCC/C=C/C(O)C(COP(=O)(O)OCCN)NC(=O)CC(O)CCCCCCCCCCCCCCCC. The molecule has 0 aromatic heterocycles. The van der Waals surface area contributed by atoms with Crippen molar-refractivity contribution in [2.75, 3.05) is 19.8 Å². The van der Waals surface area contributed by atoms with Crippen LogP contribution in [0, 0.1) is 0 Å². The van der Waals surface area contributed by atoms with Gasteiger partial charge in [0.05, 0.1) is 37.9 Å². The molecule has 0 radical (unpaired) electrons. The normalized spacial score (nSPS) is 15.1. The average Bonchev–Trinajstić information content (AvgIpc) is 3.04. The van der Waals surface area contributed by atoms with Gasteiger partial charge in [0, 0.05) is 6.54 Å². The summed E-state index contributed by atoms with van der Waals surface area (Å²) in [4.78, 5) is 22.6. The van der Waals surface area contributed by atoms with E-state index in [2.05, 4.69) is 19.2 Å². The van der Waals surface area contributed by atoms with Crippen molar-refractivity contribution in [3.63, 3.8) is 0 Å². The van der Waals surface area contributed by atoms with Crippen molar-refractivity contribution in [3.05, 3.63) is 12.2 Å². The van der Waals surface area contributed by atoms with E-state index in [1.807, 2.05) is 6.08 Å². The van der Waals surface area contributed by atoms with Crippen molar-refractivity contribution >= 4 is 13.7 Å². The highest BCUT2D eigenvalue weighted by atomic mass is 31.2. The van der Waals surface area contributed by atoms with E-state index in [4.69, 9.17) is 14.8 Å². The molecule has 47 heavy (non-hydrogen) atoms. The fraction of sp³-hybridized carbons (Fsp3) is 0.919. The molecule has 280 valence electrons. The van der Waals surface area contributed by atoms with Crippen LogP contribution in [0.2, 0.25) is 0 Å². The minimum atomic E-state index is -4.39. The maximum absolute atomic E-state index is 12.7. The third-order valence-corrected chi connectivity index (χ3v) is 9.65. The maximum atomic E-state index is 12.7. The lowest BCUT2D eigenvalue weighted by Gasteiger charge is -2.24. The Balaban J connectivity index is 4.38. The van der Waals surface area contributed by atoms with Gasteiger partial charge in [-0.15, -0.1) is 0 Å². The van der Waals surface area contributed by atoms with Crippen LogP contribution in [0.4, 0.5) is 0 Å². The van der Waals surface area contributed by atoms with Gasteiger partial charge in [-0.25, -0.2) is 4.57 Å². The van der Waals surface area contributed by atoms with Gasteiger partial charge in [-0.05, 0) is 19.3 Å². The number of nitrogens with one attached hydrogen (secondary N) is 1. The molecule has 9 nitrogen and oxygen atoms in total. The lowest BCUT2D eigenvalue weighted by atomic mass is 10.0. The van der Waals surface area contributed by atoms with E-state index < -0.39 is 38.6 Å². The van der Waals surface area contributed by atoms with Crippen LogP contribution in [0.5, 0.6) is 0 Å². The number of carbonyl (C=O) groups is 1. The first-order valence-corrected chi connectivity index (χ1v) is 20.9. The fourth-order valence-electron chi connectivity index (χ4n) is 5.70. The summed E-state index contributed by atoms with van der Waals surface area (Å²) in [6, 6.07) is -0.975. The molecule has 0 aliphatic heterocycles. The van der Waals surface area contributed by atoms with Crippen molar-refractivity contribution in [2.24, 2.45) is 5.73 Å². The Morgan fingerprint density at radius 1 is 0.723 bits per heavy atom. The van der Waals surface area contributed by atoms with Crippen LogP contribution in [0.25, 0.3) is 0 Å². The van der Waals surface area contributed by atoms with E-state index in [0.717, 1.165) is 38.5 Å². The number of amides is 1. The summed E-state index contributed by atoms with van der Waals surface area (Å²) >= 11 is 0. The molecule has 10 heteroatoms. The first-order chi connectivity index (χ1) is 22.8. The minimum absolute atomic E-state index is 0.0511. The molecule has 4 unspecified atom stereocenters. The lowest BCUT2D eigenvalue weighted by molar-refractivity contribution is -0.124. The molecule has 0 heterocycles. The molecule has 0 saturated carbocycles. The van der Waals surface area contributed by atoms with Gasteiger partial charge in [-0.3, -0.25) is 13.8 Å². The topological polar surface area (TPSA) is 151 Å². The molecule has 0 aromatic carbocycles. The standard InChI is InChI=1S/C37H75N2O7P/c1-3-5-7-9-11-13-15-16-17-19-20-22-24-26-28-34(40)32-37(42)39-35(33-46-47(43,44)45-31-30-38)36(41)29-27-25-23-21-18-14-12-10-8-6-4-2/h27,29,34-36,40-41H,3-26,28,30-33,38H2,1-2H3,(H,39,42)(H,43,44)/b29-27+. The smallest absolute Gasteiger partial charge is 0.393 e. The van der Waals surface area contributed by atoms with E-state index in [-0.39, 0.29) is 19.6 Å². The zero-order valence-electron chi connectivity index (χ0n) is 30.4.